The van der Waals surface area contributed by atoms with Crippen LogP contribution in [0.2, 0.25) is 0 Å². The second-order valence-electron chi connectivity index (χ2n) is 6.18. The van der Waals surface area contributed by atoms with Crippen LogP contribution in [0.15, 0.2) is 29.3 Å². The molecule has 2 amide bonds. The zero-order valence-electron chi connectivity index (χ0n) is 16.9. The van der Waals surface area contributed by atoms with Crippen LogP contribution in [0, 0.1) is 0 Å². The van der Waals surface area contributed by atoms with Gasteiger partial charge in [-0.05, 0) is 26.0 Å². The number of carbonyl (C=O) groups excluding carboxylic acids is 2. The Morgan fingerprint density at radius 1 is 1.10 bits per heavy atom. The molecule has 3 N–H and O–H groups in total. The second kappa shape index (κ2) is 13.1. The number of rotatable bonds is 6. The number of para-hydroxylation sites is 1. The molecule has 1 heterocycles. The van der Waals surface area contributed by atoms with Crippen LogP contribution in [0.5, 0.6) is 5.75 Å². The Morgan fingerprint density at radius 3 is 2.38 bits per heavy atom. The van der Waals surface area contributed by atoms with E-state index in [9.17, 15) is 14.7 Å². The number of hydrogen-bond donors (Lipinski definition) is 3. The van der Waals surface area contributed by atoms with E-state index in [1.54, 1.807) is 30.0 Å². The van der Waals surface area contributed by atoms with Crippen LogP contribution in [0.4, 0.5) is 4.79 Å². The molecule has 1 aromatic carbocycles. The average Bonchev–Trinajstić information content (AvgIpc) is 2.71. The molecule has 0 bridgehead atoms. The third-order valence-electron chi connectivity index (χ3n) is 4.25. The van der Waals surface area contributed by atoms with Crippen molar-refractivity contribution in [3.05, 3.63) is 29.8 Å². The van der Waals surface area contributed by atoms with E-state index in [4.69, 9.17) is 4.74 Å². The molecule has 9 nitrogen and oxygen atoms in total. The van der Waals surface area contributed by atoms with Crippen LogP contribution >= 0.6 is 24.0 Å². The largest absolute Gasteiger partial charge is 0.507 e. The van der Waals surface area contributed by atoms with E-state index < -0.39 is 0 Å². The quantitative estimate of drug-likeness (QED) is 0.228. The van der Waals surface area contributed by atoms with Crippen molar-refractivity contribution in [2.75, 3.05) is 52.4 Å². The number of nitrogens with one attached hydrogen (secondary N) is 2. The number of ether oxygens (including phenoxy) is 1. The lowest BCUT2D eigenvalue weighted by Gasteiger charge is -2.35. The number of phenolic OH excluding ortho intramolecular Hbond substituents is 1. The molecule has 10 heteroatoms. The summed E-state index contributed by atoms with van der Waals surface area (Å²) in [5, 5.41) is 15.7. The molecule has 0 atom stereocenters. The maximum absolute atomic E-state index is 12.1. The van der Waals surface area contributed by atoms with Gasteiger partial charge in [-0.3, -0.25) is 9.79 Å². The SMILES string of the molecule is CCNC(=NCCNC(=O)c1ccccc1O)N1CCN(C(=O)OCC)CC1.I. The summed E-state index contributed by atoms with van der Waals surface area (Å²) in [5.74, 6) is 0.375. The van der Waals surface area contributed by atoms with Crippen molar-refractivity contribution in [3.8, 4) is 5.75 Å². The van der Waals surface area contributed by atoms with Gasteiger partial charge in [0.1, 0.15) is 5.75 Å². The fraction of sp³-hybridized carbons (Fsp3) is 0.526. The predicted molar refractivity (Wildman–Crippen MR) is 122 cm³/mol. The molecule has 0 aliphatic carbocycles. The highest BCUT2D eigenvalue weighted by atomic mass is 127. The van der Waals surface area contributed by atoms with Gasteiger partial charge in [0.05, 0.1) is 18.7 Å². The number of phenols is 1. The number of benzene rings is 1. The minimum absolute atomic E-state index is 0. The molecule has 1 aliphatic rings. The molecular weight excluding hydrogens is 489 g/mol. The first-order valence-corrected chi connectivity index (χ1v) is 9.58. The Balaban J connectivity index is 0.00000420. The molecule has 0 aromatic heterocycles. The van der Waals surface area contributed by atoms with Crippen molar-refractivity contribution in [3.63, 3.8) is 0 Å². The number of piperazine rings is 1. The molecule has 0 unspecified atom stereocenters. The highest BCUT2D eigenvalue weighted by Crippen LogP contribution is 2.14. The van der Waals surface area contributed by atoms with Crippen LogP contribution in [0.3, 0.4) is 0 Å². The van der Waals surface area contributed by atoms with Gasteiger partial charge in [0.2, 0.25) is 0 Å². The van der Waals surface area contributed by atoms with E-state index in [0.29, 0.717) is 45.9 Å². The molecule has 29 heavy (non-hydrogen) atoms. The molecule has 1 aliphatic heterocycles. The number of hydrogen-bond acceptors (Lipinski definition) is 5. The van der Waals surface area contributed by atoms with Gasteiger partial charge in [0.25, 0.3) is 5.91 Å². The molecule has 1 fully saturated rings. The Hall–Kier alpha value is -2.24. The first-order valence-electron chi connectivity index (χ1n) is 9.58. The van der Waals surface area contributed by atoms with Gasteiger partial charge in [-0.2, -0.15) is 0 Å². The summed E-state index contributed by atoms with van der Waals surface area (Å²) in [6, 6.07) is 6.42. The van der Waals surface area contributed by atoms with Crippen LogP contribution in [-0.2, 0) is 4.74 Å². The zero-order chi connectivity index (χ0) is 20.4. The number of guanidine groups is 1. The lowest BCUT2D eigenvalue weighted by Crippen LogP contribution is -2.54. The monoisotopic (exact) mass is 519 g/mol. The molecule has 1 aromatic rings. The van der Waals surface area contributed by atoms with E-state index in [1.165, 1.54) is 6.07 Å². The first kappa shape index (κ1) is 24.8. The lowest BCUT2D eigenvalue weighted by molar-refractivity contribution is 0.0914. The molecule has 0 radical (unpaired) electrons. The second-order valence-corrected chi connectivity index (χ2v) is 6.18. The van der Waals surface area contributed by atoms with Crippen molar-refractivity contribution < 1.29 is 19.4 Å². The molecule has 1 saturated heterocycles. The Kier molecular flexibility index (Phi) is 11.2. The standard InChI is InChI=1S/C19H29N5O4.HI/c1-3-20-18(23-11-13-24(14-12-23)19(27)28-4-2)22-10-9-21-17(26)15-7-5-6-8-16(15)25;/h5-8,25H,3-4,9-14H2,1-2H3,(H,20,22)(H,21,26);1H. The number of nitrogens with zero attached hydrogens (tertiary/aromatic N) is 3. The maximum Gasteiger partial charge on any atom is 0.409 e. The van der Waals surface area contributed by atoms with Crippen LogP contribution in [-0.4, -0.2) is 85.3 Å². The topological polar surface area (TPSA) is 106 Å². The van der Waals surface area contributed by atoms with Gasteiger partial charge in [-0.1, -0.05) is 12.1 Å². The van der Waals surface area contributed by atoms with Gasteiger partial charge in [0.15, 0.2) is 5.96 Å². The number of aliphatic imine (C=N–C) groups is 1. The fourth-order valence-electron chi connectivity index (χ4n) is 2.83. The smallest absolute Gasteiger partial charge is 0.409 e. The van der Waals surface area contributed by atoms with Gasteiger partial charge in [0, 0.05) is 39.3 Å². The maximum atomic E-state index is 12.1. The van der Waals surface area contributed by atoms with E-state index in [0.717, 1.165) is 12.5 Å². The third kappa shape index (κ3) is 7.59. The van der Waals surface area contributed by atoms with Gasteiger partial charge >= 0.3 is 6.09 Å². The molecule has 0 saturated carbocycles. The summed E-state index contributed by atoms with van der Waals surface area (Å²) in [5.41, 5.74) is 0.244. The van der Waals surface area contributed by atoms with E-state index >= 15 is 0 Å². The highest BCUT2D eigenvalue weighted by molar-refractivity contribution is 14.0. The number of aromatic hydroxyl groups is 1. The average molecular weight is 519 g/mol. The minimum atomic E-state index is -0.332. The van der Waals surface area contributed by atoms with Gasteiger partial charge < -0.3 is 30.3 Å². The van der Waals surface area contributed by atoms with E-state index in [1.807, 2.05) is 6.92 Å². The van der Waals surface area contributed by atoms with Gasteiger partial charge in [-0.25, -0.2) is 4.79 Å². The number of halogens is 1. The van der Waals surface area contributed by atoms with Crippen LogP contribution in [0.25, 0.3) is 0 Å². The summed E-state index contributed by atoms with van der Waals surface area (Å²) < 4.78 is 5.04. The molecule has 0 spiro atoms. The lowest BCUT2D eigenvalue weighted by atomic mass is 10.2. The Labute approximate surface area is 188 Å². The fourth-order valence-corrected chi connectivity index (χ4v) is 2.83. The summed E-state index contributed by atoms with van der Waals surface area (Å²) in [6.45, 7) is 8.11. The predicted octanol–water partition coefficient (Wildman–Crippen LogP) is 1.48. The van der Waals surface area contributed by atoms with Crippen molar-refractivity contribution in [1.29, 1.82) is 0 Å². The van der Waals surface area contributed by atoms with E-state index in [2.05, 4.69) is 20.5 Å². The highest BCUT2D eigenvalue weighted by Gasteiger charge is 2.23. The Morgan fingerprint density at radius 2 is 1.76 bits per heavy atom. The zero-order valence-corrected chi connectivity index (χ0v) is 19.2. The van der Waals surface area contributed by atoms with E-state index in [-0.39, 0.29) is 47.3 Å². The van der Waals surface area contributed by atoms with Crippen LogP contribution < -0.4 is 10.6 Å². The van der Waals surface area contributed by atoms with Gasteiger partial charge in [-0.15, -0.1) is 24.0 Å². The van der Waals surface area contributed by atoms with Crippen molar-refractivity contribution >= 4 is 41.9 Å². The number of amides is 2. The summed E-state index contributed by atoms with van der Waals surface area (Å²) >= 11 is 0. The van der Waals surface area contributed by atoms with Crippen LogP contribution in [0.1, 0.15) is 24.2 Å². The molecule has 162 valence electrons. The minimum Gasteiger partial charge on any atom is -0.507 e. The normalized spacial score (nSPS) is 14.1. The third-order valence-corrected chi connectivity index (χ3v) is 4.25. The Bertz CT molecular complexity index is 693. The van der Waals surface area contributed by atoms with Crippen molar-refractivity contribution in [2.24, 2.45) is 4.99 Å². The summed E-state index contributed by atoms with van der Waals surface area (Å²) in [7, 11) is 0. The first-order chi connectivity index (χ1) is 13.6. The van der Waals surface area contributed by atoms with Crippen molar-refractivity contribution in [2.45, 2.75) is 13.8 Å². The molecular formula is C19H30IN5O4. The van der Waals surface area contributed by atoms with Crippen molar-refractivity contribution in [1.82, 2.24) is 20.4 Å². The number of carbonyl (C=O) groups is 2. The summed E-state index contributed by atoms with van der Waals surface area (Å²) in [6.07, 6.45) is -0.282. The summed E-state index contributed by atoms with van der Waals surface area (Å²) in [4.78, 5) is 32.2. The molecule has 2 rings (SSSR count).